The fourth-order valence-corrected chi connectivity index (χ4v) is 5.25. The third-order valence-corrected chi connectivity index (χ3v) is 6.72. The van der Waals surface area contributed by atoms with Gasteiger partial charge < -0.3 is 14.6 Å². The highest BCUT2D eigenvalue weighted by Gasteiger charge is 2.20. The number of hydrogen-bond acceptors (Lipinski definition) is 4. The van der Waals surface area contributed by atoms with Crippen LogP contribution in [-0.2, 0) is 11.3 Å². The number of amides is 1. The van der Waals surface area contributed by atoms with Crippen molar-refractivity contribution < 1.29 is 9.53 Å². The molecule has 30 heavy (non-hydrogen) atoms. The molecule has 1 saturated carbocycles. The van der Waals surface area contributed by atoms with Gasteiger partial charge in [-0.3, -0.25) is 4.79 Å². The van der Waals surface area contributed by atoms with Crippen LogP contribution in [-0.4, -0.2) is 17.1 Å². The summed E-state index contributed by atoms with van der Waals surface area (Å²) >= 11 is 1.67. The lowest BCUT2D eigenvalue weighted by Gasteiger charge is -2.23. The zero-order valence-corrected chi connectivity index (χ0v) is 17.7. The van der Waals surface area contributed by atoms with Gasteiger partial charge in [-0.15, -0.1) is 11.3 Å². The summed E-state index contributed by atoms with van der Waals surface area (Å²) in [6.45, 7) is 1.05. The van der Waals surface area contributed by atoms with Gasteiger partial charge in [0.25, 0.3) is 5.91 Å². The number of anilines is 1. The predicted octanol–water partition coefficient (Wildman–Crippen LogP) is 5.36. The minimum absolute atomic E-state index is 0.0760. The van der Waals surface area contributed by atoms with Gasteiger partial charge in [0.15, 0.2) is 11.4 Å². The Balaban J connectivity index is 1.57. The highest BCUT2D eigenvalue weighted by molar-refractivity contribution is 7.07. The van der Waals surface area contributed by atoms with Crippen LogP contribution >= 0.6 is 11.3 Å². The van der Waals surface area contributed by atoms with Gasteiger partial charge in [-0.2, -0.15) is 0 Å². The predicted molar refractivity (Wildman–Crippen MR) is 120 cm³/mol. The van der Waals surface area contributed by atoms with Gasteiger partial charge in [0, 0.05) is 17.5 Å². The van der Waals surface area contributed by atoms with Gasteiger partial charge in [-0.1, -0.05) is 37.5 Å². The number of carbonyl (C=O) groups excluding carboxylic acids is 1. The van der Waals surface area contributed by atoms with E-state index < -0.39 is 0 Å². The fourth-order valence-electron chi connectivity index (χ4n) is 4.31. The summed E-state index contributed by atoms with van der Waals surface area (Å²) in [5.41, 5.74) is 3.92. The summed E-state index contributed by atoms with van der Waals surface area (Å²) in [5.74, 6) is 1.30. The Labute approximate surface area is 180 Å². The first-order valence-electron chi connectivity index (χ1n) is 10.6. The lowest BCUT2D eigenvalue weighted by molar-refractivity contribution is -0.118. The number of fused-ring (bicyclic) bond motifs is 1. The first kappa shape index (κ1) is 19.1. The first-order chi connectivity index (χ1) is 14.8. The number of thiazole rings is 1. The van der Waals surface area contributed by atoms with Crippen molar-refractivity contribution in [1.29, 1.82) is 0 Å². The number of aromatic nitrogens is 1. The van der Waals surface area contributed by atoms with Crippen LogP contribution in [0.15, 0.2) is 58.9 Å². The SMILES string of the molecule is O=C1COc2ccc(-c3csc(=Nc4ccccc4)n3CC3CCCCC3)cc2N1. The highest BCUT2D eigenvalue weighted by atomic mass is 32.1. The molecule has 2 heterocycles. The number of para-hydroxylation sites is 1. The minimum Gasteiger partial charge on any atom is -0.482 e. The summed E-state index contributed by atoms with van der Waals surface area (Å²) in [6, 6.07) is 16.2. The second-order valence-electron chi connectivity index (χ2n) is 8.01. The molecule has 2 aromatic carbocycles. The first-order valence-corrected chi connectivity index (χ1v) is 11.5. The molecule has 0 spiro atoms. The average Bonchev–Trinajstić information content (AvgIpc) is 3.16. The fraction of sp³-hybridized carbons (Fsp3) is 0.333. The molecule has 0 atom stereocenters. The molecule has 0 saturated heterocycles. The second-order valence-corrected chi connectivity index (χ2v) is 8.85. The quantitative estimate of drug-likeness (QED) is 0.619. The highest BCUT2D eigenvalue weighted by Crippen LogP contribution is 2.34. The third kappa shape index (κ3) is 4.05. The van der Waals surface area contributed by atoms with Crippen LogP contribution in [0.5, 0.6) is 5.75 Å². The molecule has 2 aliphatic rings. The standard InChI is InChI=1S/C24H25N3O2S/c28-23-15-29-22-12-11-18(13-20(22)26-23)21-16-30-24(25-19-9-5-2-6-10-19)27(21)14-17-7-3-1-4-8-17/h2,5-6,9-13,16-17H,1,3-4,7-8,14-15H2,(H,26,28). The van der Waals surface area contributed by atoms with Crippen LogP contribution in [0.1, 0.15) is 32.1 Å². The number of hydrogen-bond donors (Lipinski definition) is 1. The molecule has 3 aromatic rings. The van der Waals surface area contributed by atoms with Gasteiger partial charge in [0.2, 0.25) is 0 Å². The molecule has 1 N–H and O–H groups in total. The molecule has 1 aromatic heterocycles. The maximum atomic E-state index is 11.8. The molecule has 154 valence electrons. The van der Waals surface area contributed by atoms with E-state index in [9.17, 15) is 4.79 Å². The van der Waals surface area contributed by atoms with E-state index in [1.54, 1.807) is 11.3 Å². The largest absolute Gasteiger partial charge is 0.482 e. The Morgan fingerprint density at radius 2 is 1.93 bits per heavy atom. The van der Waals surface area contributed by atoms with Crippen molar-refractivity contribution in [1.82, 2.24) is 4.57 Å². The van der Waals surface area contributed by atoms with E-state index in [0.717, 1.165) is 39.7 Å². The second kappa shape index (κ2) is 8.48. The van der Waals surface area contributed by atoms with Crippen molar-refractivity contribution in [3.05, 3.63) is 58.7 Å². The lowest BCUT2D eigenvalue weighted by Crippen LogP contribution is -2.25. The molecule has 5 rings (SSSR count). The summed E-state index contributed by atoms with van der Waals surface area (Å²) in [4.78, 5) is 17.7. The Bertz CT molecular complexity index is 1110. The normalized spacial score (nSPS) is 17.3. The Hall–Kier alpha value is -2.86. The van der Waals surface area contributed by atoms with E-state index in [1.807, 2.05) is 42.5 Å². The Morgan fingerprint density at radius 3 is 2.77 bits per heavy atom. The van der Waals surface area contributed by atoms with Crippen LogP contribution in [0.2, 0.25) is 0 Å². The molecule has 1 amide bonds. The molecule has 0 radical (unpaired) electrons. The number of carbonyl (C=O) groups is 1. The number of rotatable bonds is 4. The lowest BCUT2D eigenvalue weighted by atomic mass is 9.89. The van der Waals surface area contributed by atoms with E-state index in [0.29, 0.717) is 5.92 Å². The Morgan fingerprint density at radius 1 is 1.10 bits per heavy atom. The maximum absolute atomic E-state index is 11.8. The summed E-state index contributed by atoms with van der Waals surface area (Å²) in [7, 11) is 0. The van der Waals surface area contributed by atoms with E-state index in [-0.39, 0.29) is 12.5 Å². The molecule has 1 fully saturated rings. The molecule has 0 unspecified atom stereocenters. The number of ether oxygens (including phenoxy) is 1. The van der Waals surface area contributed by atoms with Crippen LogP contribution in [0.3, 0.4) is 0 Å². The minimum atomic E-state index is -0.111. The molecular formula is C24H25N3O2S. The van der Waals surface area contributed by atoms with E-state index in [1.165, 1.54) is 32.1 Å². The van der Waals surface area contributed by atoms with E-state index in [2.05, 4.69) is 21.3 Å². The zero-order valence-electron chi connectivity index (χ0n) is 16.8. The van der Waals surface area contributed by atoms with Crippen LogP contribution in [0, 0.1) is 5.92 Å². The Kier molecular flexibility index (Phi) is 5.41. The van der Waals surface area contributed by atoms with Gasteiger partial charge in [-0.05, 0) is 49.1 Å². The maximum Gasteiger partial charge on any atom is 0.262 e. The summed E-state index contributed by atoms with van der Waals surface area (Å²) in [5, 5.41) is 5.10. The molecule has 1 aliphatic heterocycles. The van der Waals surface area contributed by atoms with Gasteiger partial charge in [0.1, 0.15) is 5.75 Å². The van der Waals surface area contributed by atoms with Crippen molar-refractivity contribution >= 4 is 28.6 Å². The number of nitrogens with one attached hydrogen (secondary N) is 1. The third-order valence-electron chi connectivity index (χ3n) is 5.85. The summed E-state index contributed by atoms with van der Waals surface area (Å²) in [6.07, 6.45) is 6.54. The summed E-state index contributed by atoms with van der Waals surface area (Å²) < 4.78 is 7.89. The van der Waals surface area contributed by atoms with Crippen LogP contribution in [0.25, 0.3) is 11.3 Å². The van der Waals surface area contributed by atoms with Crippen LogP contribution < -0.4 is 14.9 Å². The smallest absolute Gasteiger partial charge is 0.262 e. The van der Waals surface area contributed by atoms with Crippen LogP contribution in [0.4, 0.5) is 11.4 Å². The van der Waals surface area contributed by atoms with Gasteiger partial charge in [-0.25, -0.2) is 4.99 Å². The van der Waals surface area contributed by atoms with E-state index in [4.69, 9.17) is 9.73 Å². The monoisotopic (exact) mass is 419 g/mol. The van der Waals surface area contributed by atoms with E-state index >= 15 is 0 Å². The van der Waals surface area contributed by atoms with Crippen molar-refractivity contribution in [2.45, 2.75) is 38.6 Å². The molecule has 0 bridgehead atoms. The molecule has 6 heteroatoms. The van der Waals surface area contributed by atoms with Crippen molar-refractivity contribution in [3.63, 3.8) is 0 Å². The molecule has 1 aliphatic carbocycles. The van der Waals surface area contributed by atoms with Crippen molar-refractivity contribution in [2.75, 3.05) is 11.9 Å². The average molecular weight is 420 g/mol. The van der Waals surface area contributed by atoms with Gasteiger partial charge in [0.05, 0.1) is 17.1 Å². The number of benzene rings is 2. The topological polar surface area (TPSA) is 55.6 Å². The zero-order chi connectivity index (χ0) is 20.3. The van der Waals surface area contributed by atoms with Gasteiger partial charge >= 0.3 is 0 Å². The molecule has 5 nitrogen and oxygen atoms in total. The van der Waals surface area contributed by atoms with Crippen molar-refractivity contribution in [2.24, 2.45) is 10.9 Å². The molecular weight excluding hydrogens is 394 g/mol. The number of nitrogens with zero attached hydrogens (tertiary/aromatic N) is 2. The van der Waals surface area contributed by atoms with Crippen molar-refractivity contribution in [3.8, 4) is 17.0 Å².